The number of pyridine rings is 1. The molecule has 0 radical (unpaired) electrons. The van der Waals surface area contributed by atoms with E-state index in [1.807, 2.05) is 6.92 Å². The fourth-order valence-electron chi connectivity index (χ4n) is 5.13. The molecule has 2 aliphatic heterocycles. The van der Waals surface area contributed by atoms with Crippen molar-refractivity contribution in [2.24, 2.45) is 0 Å². The lowest BCUT2D eigenvalue weighted by Crippen LogP contribution is -2.36. The number of likely N-dealkylation sites (tertiary alicyclic amines) is 1. The van der Waals surface area contributed by atoms with Gasteiger partial charge in [0.05, 0.1) is 35.9 Å². The Labute approximate surface area is 251 Å². The normalized spacial score (nSPS) is 16.8. The Morgan fingerprint density at radius 3 is 2.57 bits per heavy atom. The van der Waals surface area contributed by atoms with Crippen molar-refractivity contribution < 1.29 is 36.9 Å². The van der Waals surface area contributed by atoms with Crippen LogP contribution < -0.4 is 36.3 Å². The summed E-state index contributed by atoms with van der Waals surface area (Å²) in [5, 5.41) is 6.92. The molecule has 44 heavy (non-hydrogen) atoms. The number of halogens is 4. The number of hydrogen-bond acceptors (Lipinski definition) is 7. The number of hydrogen-bond donors (Lipinski definition) is 4. The minimum absolute atomic E-state index is 0.0427. The predicted molar refractivity (Wildman–Crippen MR) is 156 cm³/mol. The maximum atomic E-state index is 13.8. The Kier molecular flexibility index (Phi) is 8.74. The number of anilines is 3. The maximum absolute atomic E-state index is 13.8. The van der Waals surface area contributed by atoms with Crippen molar-refractivity contribution in [2.45, 2.75) is 39.2 Å². The molecular formula is C30H32F4N7O3+. The van der Waals surface area contributed by atoms with E-state index in [0.717, 1.165) is 23.3 Å². The van der Waals surface area contributed by atoms with Gasteiger partial charge in [-0.1, -0.05) is 6.07 Å². The first-order valence-electron chi connectivity index (χ1n) is 13.8. The van der Waals surface area contributed by atoms with Gasteiger partial charge < -0.3 is 15.5 Å². The van der Waals surface area contributed by atoms with Crippen LogP contribution in [0.2, 0.25) is 0 Å². The summed E-state index contributed by atoms with van der Waals surface area (Å²) in [6, 6.07) is 10.2. The van der Waals surface area contributed by atoms with Crippen LogP contribution in [0.15, 0.2) is 54.9 Å². The van der Waals surface area contributed by atoms with Gasteiger partial charge in [0.25, 0.3) is 11.7 Å². The molecule has 232 valence electrons. The summed E-state index contributed by atoms with van der Waals surface area (Å²) in [4.78, 5) is 29.4. The summed E-state index contributed by atoms with van der Waals surface area (Å²) in [6.45, 7) is 3.82. The zero-order chi connectivity index (χ0) is 31.6. The molecule has 3 heterocycles. The number of rotatable bonds is 8. The molecule has 1 unspecified atom stereocenters. The molecule has 5 rings (SSSR count). The molecule has 1 saturated heterocycles. The number of carbonyl (C=O) groups is 2. The van der Waals surface area contributed by atoms with Crippen LogP contribution in [0.1, 0.15) is 46.0 Å². The SMILES string of the molecule is COc1c(CN2CCC(F)C2)cc(C(F)(F)F)cc1NC(=O)c1ccc(C)c(N2C=C(c3ccc(NC(C)=O)[nH+]c3)NN2)c1. The van der Waals surface area contributed by atoms with Gasteiger partial charge in [0, 0.05) is 55.5 Å². The molecule has 0 saturated carbocycles. The fourth-order valence-corrected chi connectivity index (χ4v) is 5.13. The van der Waals surface area contributed by atoms with E-state index in [4.69, 9.17) is 4.74 Å². The first-order chi connectivity index (χ1) is 20.9. The van der Waals surface area contributed by atoms with Crippen molar-refractivity contribution in [1.29, 1.82) is 0 Å². The highest BCUT2D eigenvalue weighted by Gasteiger charge is 2.34. The Balaban J connectivity index is 1.39. The number of nitrogens with one attached hydrogen (secondary N) is 5. The fraction of sp³-hybridized carbons (Fsp3) is 0.300. The molecule has 10 nitrogen and oxygen atoms in total. The van der Waals surface area contributed by atoms with Gasteiger partial charge in [-0.3, -0.25) is 14.7 Å². The molecule has 5 N–H and O–H groups in total. The van der Waals surface area contributed by atoms with Crippen LogP contribution in [0.3, 0.4) is 0 Å². The standard InChI is InChI=1S/C30H31F4N7O3/c1-17-4-5-19(11-26(17)41-16-25(38-39-41)20-6-7-27(35-13-20)36-18(2)42)29(43)37-24-12-22(30(32,33)34)10-21(28(24)44-3)14-40-9-8-23(31)15-40/h4-7,10-13,16,23,38-39H,8-9,14-15H2,1-3H3,(H,37,43)(H,35,36,42)/p+1. The van der Waals surface area contributed by atoms with E-state index >= 15 is 0 Å². The van der Waals surface area contributed by atoms with E-state index < -0.39 is 23.8 Å². The topological polar surface area (TPSA) is 112 Å². The van der Waals surface area contributed by atoms with Crippen molar-refractivity contribution in [1.82, 2.24) is 15.9 Å². The van der Waals surface area contributed by atoms with E-state index in [2.05, 4.69) is 26.6 Å². The largest absolute Gasteiger partial charge is 0.494 e. The Bertz CT molecular complexity index is 1590. The van der Waals surface area contributed by atoms with E-state index in [-0.39, 0.29) is 41.6 Å². The van der Waals surface area contributed by atoms with Crippen LogP contribution in [-0.4, -0.2) is 43.1 Å². The highest BCUT2D eigenvalue weighted by Crippen LogP contribution is 2.39. The number of nitrogens with zero attached hydrogens (tertiary/aromatic N) is 2. The van der Waals surface area contributed by atoms with E-state index in [0.29, 0.717) is 30.2 Å². The molecule has 0 bridgehead atoms. The zero-order valence-electron chi connectivity index (χ0n) is 24.2. The summed E-state index contributed by atoms with van der Waals surface area (Å²) in [7, 11) is 1.31. The molecule has 0 spiro atoms. The molecule has 2 aliphatic rings. The summed E-state index contributed by atoms with van der Waals surface area (Å²) < 4.78 is 60.8. The van der Waals surface area contributed by atoms with E-state index in [9.17, 15) is 27.2 Å². The lowest BCUT2D eigenvalue weighted by Gasteiger charge is -2.22. The summed E-state index contributed by atoms with van der Waals surface area (Å²) in [5.41, 5.74) is 8.28. The number of H-pyrrole nitrogens is 1. The average Bonchev–Trinajstić information content (AvgIpc) is 3.62. The average molecular weight is 615 g/mol. The molecule has 14 heteroatoms. The third-order valence-electron chi connectivity index (χ3n) is 7.29. The Morgan fingerprint density at radius 1 is 1.14 bits per heavy atom. The summed E-state index contributed by atoms with van der Waals surface area (Å²) in [5.74, 6) is -0.224. The molecular weight excluding hydrogens is 582 g/mol. The van der Waals surface area contributed by atoms with Gasteiger partial charge in [-0.25, -0.2) is 19.5 Å². The lowest BCUT2D eigenvalue weighted by atomic mass is 10.1. The minimum atomic E-state index is -4.67. The minimum Gasteiger partial charge on any atom is -0.494 e. The predicted octanol–water partition coefficient (Wildman–Crippen LogP) is 4.42. The van der Waals surface area contributed by atoms with E-state index in [1.165, 1.54) is 14.0 Å². The van der Waals surface area contributed by atoms with Gasteiger partial charge >= 0.3 is 12.1 Å². The molecule has 2 aromatic carbocycles. The molecule has 0 aliphatic carbocycles. The molecule has 1 aromatic heterocycles. The van der Waals surface area contributed by atoms with Gasteiger partial charge in [0.15, 0.2) is 0 Å². The van der Waals surface area contributed by atoms with Crippen LogP contribution >= 0.6 is 0 Å². The number of aryl methyl sites for hydroxylation is 1. The first-order valence-corrected chi connectivity index (χ1v) is 13.8. The molecule has 3 aromatic rings. The van der Waals surface area contributed by atoms with Crippen molar-refractivity contribution in [3.63, 3.8) is 0 Å². The second-order valence-electron chi connectivity index (χ2n) is 10.6. The number of methoxy groups -OCH3 is 1. The number of aromatic amines is 1. The number of carbonyl (C=O) groups excluding carboxylic acids is 2. The third-order valence-corrected chi connectivity index (χ3v) is 7.29. The second-order valence-corrected chi connectivity index (χ2v) is 10.6. The monoisotopic (exact) mass is 614 g/mol. The van der Waals surface area contributed by atoms with E-state index in [1.54, 1.807) is 52.6 Å². The van der Waals surface area contributed by atoms with Crippen molar-refractivity contribution >= 4 is 34.7 Å². The Morgan fingerprint density at radius 2 is 1.93 bits per heavy atom. The van der Waals surface area contributed by atoms with Crippen molar-refractivity contribution in [3.8, 4) is 5.75 Å². The van der Waals surface area contributed by atoms with Crippen molar-refractivity contribution in [2.75, 3.05) is 35.8 Å². The summed E-state index contributed by atoms with van der Waals surface area (Å²) >= 11 is 0. The highest BCUT2D eigenvalue weighted by atomic mass is 19.4. The van der Waals surface area contributed by atoms with Crippen LogP contribution in [0.4, 0.5) is 34.8 Å². The van der Waals surface area contributed by atoms with Crippen LogP contribution in [0, 0.1) is 6.92 Å². The second kappa shape index (κ2) is 12.5. The van der Waals surface area contributed by atoms with Gasteiger partial charge in [-0.05, 0) is 49.2 Å². The maximum Gasteiger partial charge on any atom is 0.416 e. The van der Waals surface area contributed by atoms with Crippen LogP contribution in [0.5, 0.6) is 5.75 Å². The highest BCUT2D eigenvalue weighted by molar-refractivity contribution is 6.06. The summed E-state index contributed by atoms with van der Waals surface area (Å²) in [6.07, 6.45) is -1.93. The number of benzene rings is 2. The van der Waals surface area contributed by atoms with Gasteiger partial charge in [-0.15, -0.1) is 5.53 Å². The Hall–Kier alpha value is -4.69. The zero-order valence-corrected chi connectivity index (χ0v) is 24.2. The van der Waals surface area contributed by atoms with Crippen LogP contribution in [-0.2, 0) is 17.5 Å². The lowest BCUT2D eigenvalue weighted by molar-refractivity contribution is -0.360. The van der Waals surface area contributed by atoms with Gasteiger partial charge in [0.2, 0.25) is 0 Å². The van der Waals surface area contributed by atoms with Gasteiger partial charge in [-0.2, -0.15) is 13.2 Å². The van der Waals surface area contributed by atoms with Crippen LogP contribution in [0.25, 0.3) is 5.70 Å². The quantitative estimate of drug-likeness (QED) is 0.278. The number of ether oxygens (including phenoxy) is 1. The number of alkyl halides is 4. The number of aromatic nitrogens is 1. The first kappa shape index (κ1) is 30.8. The molecule has 1 fully saturated rings. The molecule has 1 atom stereocenters. The van der Waals surface area contributed by atoms with Crippen molar-refractivity contribution in [3.05, 3.63) is 82.7 Å². The van der Waals surface area contributed by atoms with Gasteiger partial charge in [0.1, 0.15) is 11.9 Å². The smallest absolute Gasteiger partial charge is 0.416 e. The number of amides is 2. The number of hydrazine groups is 2. The third kappa shape index (κ3) is 6.92. The molecule has 2 amide bonds.